The molecule has 1 aliphatic rings. The van der Waals surface area contributed by atoms with Gasteiger partial charge in [-0.1, -0.05) is 0 Å². The first kappa shape index (κ1) is 13.6. The Morgan fingerprint density at radius 1 is 1.42 bits per heavy atom. The third-order valence-electron chi connectivity index (χ3n) is 2.67. The number of alkyl carbamates (subject to hydrolysis) is 1. The van der Waals surface area contributed by atoms with E-state index in [1.54, 1.807) is 12.4 Å². The Bertz CT molecular complexity index is 464. The van der Waals surface area contributed by atoms with E-state index >= 15 is 0 Å². The van der Waals surface area contributed by atoms with Crippen LogP contribution in [0.1, 0.15) is 26.5 Å². The van der Waals surface area contributed by atoms with Gasteiger partial charge in [0.25, 0.3) is 0 Å². The van der Waals surface area contributed by atoms with Gasteiger partial charge in [0.1, 0.15) is 11.4 Å². The average Bonchev–Trinajstić information content (AvgIpc) is 2.20. The van der Waals surface area contributed by atoms with Gasteiger partial charge in [0.2, 0.25) is 0 Å². The number of amides is 1. The third-order valence-corrected chi connectivity index (χ3v) is 2.67. The molecule has 1 amide bonds. The second kappa shape index (κ2) is 5.03. The van der Waals surface area contributed by atoms with E-state index in [0.717, 1.165) is 24.6 Å². The number of aryl methyl sites for hydroxylation is 1. The summed E-state index contributed by atoms with van der Waals surface area (Å²) in [4.78, 5) is 22.1. The van der Waals surface area contributed by atoms with Gasteiger partial charge in [-0.3, -0.25) is 4.98 Å². The third kappa shape index (κ3) is 3.81. The molecule has 0 spiro atoms. The zero-order valence-corrected chi connectivity index (χ0v) is 11.8. The summed E-state index contributed by atoms with van der Waals surface area (Å²) in [5.41, 5.74) is 0.427. The van der Waals surface area contributed by atoms with Gasteiger partial charge in [-0.15, -0.1) is 0 Å². The zero-order chi connectivity index (χ0) is 14.0. The van der Waals surface area contributed by atoms with Crippen molar-refractivity contribution in [1.82, 2.24) is 15.3 Å². The van der Waals surface area contributed by atoms with Crippen LogP contribution in [0.3, 0.4) is 0 Å². The van der Waals surface area contributed by atoms with Crippen molar-refractivity contribution in [3.63, 3.8) is 0 Å². The molecule has 1 saturated heterocycles. The summed E-state index contributed by atoms with van der Waals surface area (Å²) in [6.07, 6.45) is 3.09. The molecule has 1 N–H and O–H groups in total. The first-order valence-electron chi connectivity index (χ1n) is 6.36. The van der Waals surface area contributed by atoms with E-state index in [9.17, 15) is 4.79 Å². The van der Waals surface area contributed by atoms with Crippen LogP contribution < -0.4 is 10.2 Å². The number of carbonyl (C=O) groups is 1. The van der Waals surface area contributed by atoms with Crippen molar-refractivity contribution in [1.29, 1.82) is 0 Å². The summed E-state index contributed by atoms with van der Waals surface area (Å²) in [6, 6.07) is 0.108. The highest BCUT2D eigenvalue weighted by molar-refractivity contribution is 5.68. The molecule has 1 fully saturated rings. The number of rotatable bonds is 2. The quantitative estimate of drug-likeness (QED) is 0.876. The van der Waals surface area contributed by atoms with Gasteiger partial charge in [-0.05, 0) is 27.7 Å². The molecule has 0 saturated carbocycles. The van der Waals surface area contributed by atoms with Crippen LogP contribution in [-0.4, -0.2) is 40.8 Å². The molecule has 0 atom stereocenters. The summed E-state index contributed by atoms with van der Waals surface area (Å²) < 4.78 is 5.21. The Balaban J connectivity index is 1.79. The molecule has 19 heavy (non-hydrogen) atoms. The predicted octanol–water partition coefficient (Wildman–Crippen LogP) is 1.50. The summed E-state index contributed by atoms with van der Waals surface area (Å²) in [5.74, 6) is 0.849. The van der Waals surface area contributed by atoms with Gasteiger partial charge in [0.15, 0.2) is 0 Å². The highest BCUT2D eigenvalue weighted by Gasteiger charge is 2.30. The van der Waals surface area contributed by atoms with Gasteiger partial charge in [0, 0.05) is 19.3 Å². The Morgan fingerprint density at radius 2 is 2.11 bits per heavy atom. The fourth-order valence-corrected chi connectivity index (χ4v) is 1.83. The van der Waals surface area contributed by atoms with Crippen molar-refractivity contribution in [3.8, 4) is 0 Å². The summed E-state index contributed by atoms with van der Waals surface area (Å²) in [5, 5.41) is 2.84. The molecule has 6 heteroatoms. The van der Waals surface area contributed by atoms with E-state index in [0.29, 0.717) is 0 Å². The van der Waals surface area contributed by atoms with Crippen LogP contribution in [0, 0.1) is 6.92 Å². The molecular formula is C13H20N4O2. The Morgan fingerprint density at radius 3 is 2.68 bits per heavy atom. The fourth-order valence-electron chi connectivity index (χ4n) is 1.83. The van der Waals surface area contributed by atoms with Crippen LogP contribution in [0.2, 0.25) is 0 Å². The average molecular weight is 264 g/mol. The van der Waals surface area contributed by atoms with E-state index < -0.39 is 5.60 Å². The maximum atomic E-state index is 11.6. The second-order valence-corrected chi connectivity index (χ2v) is 5.77. The standard InChI is InChI=1S/C13H20N4O2/c1-9-5-14-6-11(15-9)17-7-10(8-17)16-12(18)19-13(2,3)4/h5-6,10H,7-8H2,1-4H3,(H,16,18). The summed E-state index contributed by atoms with van der Waals surface area (Å²) >= 11 is 0. The zero-order valence-electron chi connectivity index (χ0n) is 11.8. The number of hydrogen-bond donors (Lipinski definition) is 1. The van der Waals surface area contributed by atoms with Crippen molar-refractivity contribution in [3.05, 3.63) is 18.1 Å². The number of carbonyl (C=O) groups excluding carboxylic acids is 1. The largest absolute Gasteiger partial charge is 0.444 e. The van der Waals surface area contributed by atoms with E-state index in [-0.39, 0.29) is 12.1 Å². The number of ether oxygens (including phenoxy) is 1. The van der Waals surface area contributed by atoms with Gasteiger partial charge in [-0.2, -0.15) is 0 Å². The first-order valence-corrected chi connectivity index (χ1v) is 6.36. The molecule has 1 aromatic rings. The van der Waals surface area contributed by atoms with E-state index in [1.807, 2.05) is 27.7 Å². The predicted molar refractivity (Wildman–Crippen MR) is 72.1 cm³/mol. The van der Waals surface area contributed by atoms with E-state index in [4.69, 9.17) is 4.74 Å². The molecule has 0 radical (unpaired) electrons. The van der Waals surface area contributed by atoms with Crippen LogP contribution >= 0.6 is 0 Å². The fraction of sp³-hybridized carbons (Fsp3) is 0.615. The topological polar surface area (TPSA) is 67.4 Å². The summed E-state index contributed by atoms with van der Waals surface area (Å²) in [7, 11) is 0. The normalized spacial score (nSPS) is 15.9. The molecular weight excluding hydrogens is 244 g/mol. The van der Waals surface area contributed by atoms with E-state index in [2.05, 4.69) is 20.2 Å². The molecule has 0 unspecified atom stereocenters. The SMILES string of the molecule is Cc1cncc(N2CC(NC(=O)OC(C)(C)C)C2)n1. The molecule has 0 aliphatic carbocycles. The van der Waals surface area contributed by atoms with Crippen LogP contribution in [0.15, 0.2) is 12.4 Å². The lowest BCUT2D eigenvalue weighted by molar-refractivity contribution is 0.0496. The number of nitrogens with one attached hydrogen (secondary N) is 1. The lowest BCUT2D eigenvalue weighted by atomic mass is 10.1. The van der Waals surface area contributed by atoms with Crippen molar-refractivity contribution in [2.75, 3.05) is 18.0 Å². The maximum absolute atomic E-state index is 11.6. The molecule has 104 valence electrons. The Labute approximate surface area is 113 Å². The van der Waals surface area contributed by atoms with Gasteiger partial charge in [0.05, 0.1) is 17.9 Å². The van der Waals surface area contributed by atoms with Crippen molar-refractivity contribution < 1.29 is 9.53 Å². The second-order valence-electron chi connectivity index (χ2n) is 5.77. The number of hydrogen-bond acceptors (Lipinski definition) is 5. The number of anilines is 1. The minimum atomic E-state index is -0.463. The Hall–Kier alpha value is -1.85. The smallest absolute Gasteiger partial charge is 0.407 e. The van der Waals surface area contributed by atoms with Crippen LogP contribution in [-0.2, 0) is 4.74 Å². The summed E-state index contributed by atoms with van der Waals surface area (Å²) in [6.45, 7) is 8.92. The Kier molecular flexibility index (Phi) is 3.59. The van der Waals surface area contributed by atoms with Crippen molar-refractivity contribution in [2.24, 2.45) is 0 Å². The van der Waals surface area contributed by atoms with Crippen LogP contribution in [0.5, 0.6) is 0 Å². The maximum Gasteiger partial charge on any atom is 0.407 e. The molecule has 2 heterocycles. The van der Waals surface area contributed by atoms with Crippen LogP contribution in [0.4, 0.5) is 10.6 Å². The molecule has 0 aromatic carbocycles. The minimum Gasteiger partial charge on any atom is -0.444 e. The molecule has 1 aliphatic heterocycles. The van der Waals surface area contributed by atoms with Crippen molar-refractivity contribution >= 4 is 11.9 Å². The van der Waals surface area contributed by atoms with E-state index in [1.165, 1.54) is 0 Å². The van der Waals surface area contributed by atoms with Crippen molar-refractivity contribution in [2.45, 2.75) is 39.3 Å². The van der Waals surface area contributed by atoms with Crippen LogP contribution in [0.25, 0.3) is 0 Å². The number of nitrogens with zero attached hydrogens (tertiary/aromatic N) is 3. The first-order chi connectivity index (χ1) is 8.83. The van der Waals surface area contributed by atoms with Gasteiger partial charge >= 0.3 is 6.09 Å². The molecule has 0 bridgehead atoms. The van der Waals surface area contributed by atoms with Gasteiger partial charge < -0.3 is 15.0 Å². The van der Waals surface area contributed by atoms with Gasteiger partial charge in [-0.25, -0.2) is 9.78 Å². The highest BCUT2D eigenvalue weighted by Crippen LogP contribution is 2.18. The molecule has 1 aromatic heterocycles. The lowest BCUT2D eigenvalue weighted by Crippen LogP contribution is -2.60. The highest BCUT2D eigenvalue weighted by atomic mass is 16.6. The molecule has 6 nitrogen and oxygen atoms in total. The molecule has 2 rings (SSSR count). The number of aromatic nitrogens is 2. The lowest BCUT2D eigenvalue weighted by Gasteiger charge is -2.40. The minimum absolute atomic E-state index is 0.108. The monoisotopic (exact) mass is 264 g/mol.